The van der Waals surface area contributed by atoms with E-state index >= 15 is 0 Å². The summed E-state index contributed by atoms with van der Waals surface area (Å²) >= 11 is 5.69. The molecule has 0 aromatic carbocycles. The molecule has 1 heterocycles. The summed E-state index contributed by atoms with van der Waals surface area (Å²) in [6, 6.07) is -0.0957. The SMILES string of the molecule is CCCCCCNC(=O)NCCCN1CCN(CC2=CCC(Cl)(C(F)(F)F)C=C2)CC1. The quantitative estimate of drug-likeness (QED) is 0.354. The van der Waals surface area contributed by atoms with Crippen LogP contribution in [0.15, 0.2) is 23.8 Å². The molecule has 0 aromatic heterocycles. The van der Waals surface area contributed by atoms with Crippen molar-refractivity contribution in [3.05, 3.63) is 23.8 Å². The van der Waals surface area contributed by atoms with Crippen molar-refractivity contribution < 1.29 is 18.0 Å². The number of alkyl halides is 4. The fraction of sp³-hybridized carbons (Fsp3) is 0.773. The first-order chi connectivity index (χ1) is 14.7. The van der Waals surface area contributed by atoms with Crippen molar-refractivity contribution in [1.82, 2.24) is 20.4 Å². The summed E-state index contributed by atoms with van der Waals surface area (Å²) in [5, 5.41) is 5.79. The van der Waals surface area contributed by atoms with Crippen LogP contribution in [0, 0.1) is 0 Å². The number of piperazine rings is 1. The predicted molar refractivity (Wildman–Crippen MR) is 120 cm³/mol. The summed E-state index contributed by atoms with van der Waals surface area (Å²) in [5.74, 6) is 0. The molecule has 9 heteroatoms. The number of amides is 2. The van der Waals surface area contributed by atoms with Crippen molar-refractivity contribution in [2.24, 2.45) is 0 Å². The molecule has 2 rings (SSSR count). The highest BCUT2D eigenvalue weighted by Gasteiger charge is 2.51. The van der Waals surface area contributed by atoms with E-state index in [0.29, 0.717) is 13.1 Å². The minimum absolute atomic E-state index is 0.0957. The third kappa shape index (κ3) is 9.02. The van der Waals surface area contributed by atoms with Gasteiger partial charge in [0.05, 0.1) is 0 Å². The molecule has 0 aromatic rings. The van der Waals surface area contributed by atoms with Crippen LogP contribution in [0.5, 0.6) is 0 Å². The average Bonchev–Trinajstić information content (AvgIpc) is 2.73. The van der Waals surface area contributed by atoms with Crippen LogP contribution in [-0.2, 0) is 0 Å². The third-order valence-electron chi connectivity index (χ3n) is 5.82. The van der Waals surface area contributed by atoms with E-state index in [9.17, 15) is 18.0 Å². The molecule has 5 nitrogen and oxygen atoms in total. The van der Waals surface area contributed by atoms with Crippen molar-refractivity contribution in [2.45, 2.75) is 56.5 Å². The van der Waals surface area contributed by atoms with Gasteiger partial charge >= 0.3 is 12.2 Å². The van der Waals surface area contributed by atoms with Gasteiger partial charge in [0.15, 0.2) is 4.87 Å². The van der Waals surface area contributed by atoms with Gasteiger partial charge in [-0.2, -0.15) is 13.2 Å². The first-order valence-corrected chi connectivity index (χ1v) is 11.7. The van der Waals surface area contributed by atoms with Crippen molar-refractivity contribution in [2.75, 3.05) is 52.4 Å². The highest BCUT2D eigenvalue weighted by molar-refractivity contribution is 6.26. The Bertz CT molecular complexity index is 618. The molecule has 178 valence electrons. The number of hydrogen-bond acceptors (Lipinski definition) is 3. The van der Waals surface area contributed by atoms with Gasteiger partial charge in [-0.3, -0.25) is 4.90 Å². The number of halogens is 4. The molecule has 2 N–H and O–H groups in total. The van der Waals surface area contributed by atoms with E-state index in [4.69, 9.17) is 11.6 Å². The van der Waals surface area contributed by atoms with E-state index in [1.165, 1.54) is 18.9 Å². The maximum atomic E-state index is 13.0. The first-order valence-electron chi connectivity index (χ1n) is 11.3. The number of hydrogen-bond donors (Lipinski definition) is 2. The number of allylic oxidation sites excluding steroid dienone is 2. The second kappa shape index (κ2) is 12.7. The normalized spacial score (nSPS) is 22.9. The van der Waals surface area contributed by atoms with Gasteiger partial charge in [-0.1, -0.05) is 44.4 Å². The number of carbonyl (C=O) groups is 1. The zero-order chi connectivity index (χ0) is 22.7. The van der Waals surface area contributed by atoms with Gasteiger partial charge in [-0.25, -0.2) is 4.79 Å². The molecular formula is C22H36ClF3N4O. The Hall–Kier alpha value is -1.25. The van der Waals surface area contributed by atoms with Crippen LogP contribution in [0.4, 0.5) is 18.0 Å². The summed E-state index contributed by atoms with van der Waals surface area (Å²) in [4.78, 5) is 14.1. The van der Waals surface area contributed by atoms with E-state index in [-0.39, 0.29) is 12.5 Å². The Morgan fingerprint density at radius 3 is 2.29 bits per heavy atom. The van der Waals surface area contributed by atoms with Gasteiger partial charge in [-0.05, 0) is 31.4 Å². The molecule has 1 atom stereocenters. The number of urea groups is 1. The van der Waals surface area contributed by atoms with Crippen molar-refractivity contribution in [3.8, 4) is 0 Å². The highest BCUT2D eigenvalue weighted by Crippen LogP contribution is 2.42. The van der Waals surface area contributed by atoms with Crippen LogP contribution in [0.1, 0.15) is 45.4 Å². The second-order valence-corrected chi connectivity index (χ2v) is 9.07. The van der Waals surface area contributed by atoms with E-state index in [1.807, 2.05) is 0 Å². The van der Waals surface area contributed by atoms with Crippen molar-refractivity contribution >= 4 is 17.6 Å². The Labute approximate surface area is 189 Å². The molecular weight excluding hydrogens is 429 g/mol. The number of nitrogens with one attached hydrogen (secondary N) is 2. The molecule has 2 amide bonds. The summed E-state index contributed by atoms with van der Waals surface area (Å²) in [6.07, 6.45) is 4.99. The Kier molecular flexibility index (Phi) is 10.7. The summed E-state index contributed by atoms with van der Waals surface area (Å²) in [6.45, 7) is 8.70. The van der Waals surface area contributed by atoms with E-state index in [1.54, 1.807) is 6.08 Å². The van der Waals surface area contributed by atoms with E-state index in [0.717, 1.165) is 70.2 Å². The summed E-state index contributed by atoms with van der Waals surface area (Å²) < 4.78 is 38.9. The van der Waals surface area contributed by atoms with Crippen molar-refractivity contribution in [1.29, 1.82) is 0 Å². The molecule has 1 fully saturated rings. The molecule has 1 unspecified atom stereocenters. The largest absolute Gasteiger partial charge is 0.411 e. The number of rotatable bonds is 11. The fourth-order valence-corrected chi connectivity index (χ4v) is 3.87. The van der Waals surface area contributed by atoms with Gasteiger partial charge in [0, 0.05) is 45.8 Å². The Morgan fingerprint density at radius 2 is 1.71 bits per heavy atom. The zero-order valence-corrected chi connectivity index (χ0v) is 19.2. The summed E-state index contributed by atoms with van der Waals surface area (Å²) in [5.41, 5.74) is 0.888. The molecule has 1 aliphatic heterocycles. The zero-order valence-electron chi connectivity index (χ0n) is 18.4. The maximum Gasteiger partial charge on any atom is 0.411 e. The second-order valence-electron chi connectivity index (χ2n) is 8.39. The molecule has 1 saturated heterocycles. The Morgan fingerprint density at radius 1 is 1.06 bits per heavy atom. The van der Waals surface area contributed by atoms with Gasteiger partial charge in [0.25, 0.3) is 0 Å². The molecule has 31 heavy (non-hydrogen) atoms. The molecule has 0 radical (unpaired) electrons. The minimum atomic E-state index is -4.44. The average molecular weight is 465 g/mol. The van der Waals surface area contributed by atoms with Crippen LogP contribution in [0.3, 0.4) is 0 Å². The topological polar surface area (TPSA) is 47.6 Å². The monoisotopic (exact) mass is 464 g/mol. The number of carbonyl (C=O) groups excluding carboxylic acids is 1. The van der Waals surface area contributed by atoms with Gasteiger partial charge < -0.3 is 15.5 Å². The molecule has 0 bridgehead atoms. The highest BCUT2D eigenvalue weighted by atomic mass is 35.5. The van der Waals surface area contributed by atoms with Crippen LogP contribution in [-0.4, -0.2) is 79.2 Å². The van der Waals surface area contributed by atoms with E-state index < -0.39 is 11.1 Å². The molecule has 1 aliphatic carbocycles. The lowest BCUT2D eigenvalue weighted by Crippen LogP contribution is -2.47. The number of unbranched alkanes of at least 4 members (excludes halogenated alkanes) is 3. The van der Waals surface area contributed by atoms with Crippen LogP contribution >= 0.6 is 11.6 Å². The van der Waals surface area contributed by atoms with Crippen LogP contribution < -0.4 is 10.6 Å². The molecule has 2 aliphatic rings. The Balaban J connectivity index is 1.54. The molecule has 0 spiro atoms. The minimum Gasteiger partial charge on any atom is -0.338 e. The van der Waals surface area contributed by atoms with Crippen molar-refractivity contribution in [3.63, 3.8) is 0 Å². The van der Waals surface area contributed by atoms with Crippen LogP contribution in [0.2, 0.25) is 0 Å². The fourth-order valence-electron chi connectivity index (χ4n) is 3.73. The predicted octanol–water partition coefficient (Wildman–Crippen LogP) is 4.30. The first kappa shape index (κ1) is 26.0. The standard InChI is InChI=1S/C22H36ClF3N4O/c1-2-3-4-5-11-27-20(31)28-12-6-13-29-14-16-30(17-15-29)18-19-7-9-21(23,10-8-19)22(24,25)26/h7-9H,2-6,10-18H2,1H3,(H2,27,28,31). The summed E-state index contributed by atoms with van der Waals surface area (Å²) in [7, 11) is 0. The van der Waals surface area contributed by atoms with Gasteiger partial charge in [0.1, 0.15) is 0 Å². The van der Waals surface area contributed by atoms with Gasteiger partial charge in [-0.15, -0.1) is 11.6 Å². The lowest BCUT2D eigenvalue weighted by Gasteiger charge is -2.35. The number of nitrogens with zero attached hydrogens (tertiary/aromatic N) is 2. The smallest absolute Gasteiger partial charge is 0.338 e. The molecule has 0 saturated carbocycles. The third-order valence-corrected chi connectivity index (χ3v) is 6.31. The van der Waals surface area contributed by atoms with Gasteiger partial charge in [0.2, 0.25) is 0 Å². The lowest BCUT2D eigenvalue weighted by atomic mass is 9.95. The van der Waals surface area contributed by atoms with Crippen LogP contribution in [0.25, 0.3) is 0 Å². The maximum absolute atomic E-state index is 13.0. The lowest BCUT2D eigenvalue weighted by molar-refractivity contribution is -0.149. The van der Waals surface area contributed by atoms with E-state index in [2.05, 4.69) is 27.4 Å².